The normalized spacial score (nSPS) is 10.9. The summed E-state index contributed by atoms with van der Waals surface area (Å²) in [6.45, 7) is 0. The third-order valence-electron chi connectivity index (χ3n) is 1.94. The second-order valence-electron chi connectivity index (χ2n) is 2.68. The maximum absolute atomic E-state index is 6.01. The van der Waals surface area contributed by atoms with Crippen molar-refractivity contribution in [3.8, 4) is 0 Å². The van der Waals surface area contributed by atoms with E-state index < -0.39 is 0 Å². The van der Waals surface area contributed by atoms with Crippen molar-refractivity contribution < 1.29 is 0 Å². The first-order valence-corrected chi connectivity index (χ1v) is 6.32. The first-order chi connectivity index (χ1) is 6.24. The van der Waals surface area contributed by atoms with Gasteiger partial charge in [-0.15, -0.1) is 35.7 Å². The molecule has 2 N–H and O–H groups in total. The van der Waals surface area contributed by atoms with Gasteiger partial charge >= 0.3 is 0 Å². The molecule has 0 spiro atoms. The average molecular weight is 227 g/mol. The maximum atomic E-state index is 6.01. The number of hydrogen-bond acceptors (Lipinski definition) is 4. The molecule has 1 nitrogen and oxygen atoms in total. The predicted octanol–water partition coefficient (Wildman–Crippen LogP) is 3.49. The smallest absolute Gasteiger partial charge is 0.0551 e. The number of benzene rings is 1. The zero-order chi connectivity index (χ0) is 9.42. The van der Waals surface area contributed by atoms with Crippen LogP contribution in [0.25, 0.3) is 10.1 Å². The SMILES string of the molecule is CSc1ccc2scc(S)c2c1N. The molecule has 0 saturated heterocycles. The molecule has 0 bridgehead atoms. The van der Waals surface area contributed by atoms with Gasteiger partial charge in [0.15, 0.2) is 0 Å². The fraction of sp³-hybridized carbons (Fsp3) is 0.111. The number of fused-ring (bicyclic) bond motifs is 1. The van der Waals surface area contributed by atoms with E-state index in [-0.39, 0.29) is 0 Å². The fourth-order valence-electron chi connectivity index (χ4n) is 1.30. The van der Waals surface area contributed by atoms with Crippen molar-refractivity contribution in [3.63, 3.8) is 0 Å². The predicted molar refractivity (Wildman–Crippen MR) is 65.3 cm³/mol. The Bertz CT molecular complexity index is 447. The topological polar surface area (TPSA) is 26.0 Å². The zero-order valence-corrected chi connectivity index (χ0v) is 9.60. The quantitative estimate of drug-likeness (QED) is 0.443. The Morgan fingerprint density at radius 2 is 2.23 bits per heavy atom. The molecule has 0 radical (unpaired) electrons. The molecule has 68 valence electrons. The molecular weight excluding hydrogens is 218 g/mol. The standard InChI is InChI=1S/C9H9NS3/c1-12-7-3-2-6-8(9(7)10)5(11)4-13-6/h2-4,11H,10H2,1H3. The molecule has 0 unspecified atom stereocenters. The highest BCUT2D eigenvalue weighted by Gasteiger charge is 2.07. The van der Waals surface area contributed by atoms with Crippen LogP contribution in [-0.4, -0.2) is 6.26 Å². The lowest BCUT2D eigenvalue weighted by molar-refractivity contribution is 1.50. The van der Waals surface area contributed by atoms with Crippen molar-refractivity contribution in [2.45, 2.75) is 9.79 Å². The molecule has 0 aliphatic rings. The number of thioether (sulfide) groups is 1. The number of nitrogen functional groups attached to an aromatic ring is 1. The maximum Gasteiger partial charge on any atom is 0.0551 e. The highest BCUT2D eigenvalue weighted by molar-refractivity contribution is 7.98. The molecule has 1 heterocycles. The van der Waals surface area contributed by atoms with Crippen LogP contribution in [0, 0.1) is 0 Å². The lowest BCUT2D eigenvalue weighted by Gasteiger charge is -2.03. The largest absolute Gasteiger partial charge is 0.397 e. The summed E-state index contributed by atoms with van der Waals surface area (Å²) in [4.78, 5) is 2.11. The first-order valence-electron chi connectivity index (χ1n) is 3.76. The summed E-state index contributed by atoms with van der Waals surface area (Å²) in [5, 5.41) is 3.12. The Labute approximate surface area is 90.7 Å². The molecule has 4 heteroatoms. The van der Waals surface area contributed by atoms with Gasteiger partial charge in [-0.1, -0.05) is 0 Å². The average Bonchev–Trinajstić information content (AvgIpc) is 2.49. The Hall–Kier alpha value is -0.320. The van der Waals surface area contributed by atoms with Crippen LogP contribution in [0.15, 0.2) is 27.3 Å². The molecule has 0 fully saturated rings. The van der Waals surface area contributed by atoms with Gasteiger partial charge in [0, 0.05) is 25.3 Å². The first kappa shape index (κ1) is 9.24. The van der Waals surface area contributed by atoms with E-state index in [1.807, 2.05) is 11.6 Å². The molecular formula is C9H9NS3. The minimum absolute atomic E-state index is 0.858. The number of anilines is 1. The lowest BCUT2D eigenvalue weighted by atomic mass is 10.2. The minimum atomic E-state index is 0.858. The van der Waals surface area contributed by atoms with Gasteiger partial charge in [0.25, 0.3) is 0 Å². The second-order valence-corrected chi connectivity index (χ2v) is 4.92. The summed E-state index contributed by atoms with van der Waals surface area (Å²) in [6.07, 6.45) is 2.03. The van der Waals surface area contributed by atoms with Gasteiger partial charge in [-0.2, -0.15) is 0 Å². The van der Waals surface area contributed by atoms with Gasteiger partial charge in [0.1, 0.15) is 0 Å². The third kappa shape index (κ3) is 1.43. The molecule has 13 heavy (non-hydrogen) atoms. The van der Waals surface area contributed by atoms with Crippen molar-refractivity contribution >= 4 is 51.5 Å². The molecule has 0 saturated carbocycles. The summed E-state index contributed by atoms with van der Waals surface area (Å²) in [5.74, 6) is 0. The number of hydrogen-bond donors (Lipinski definition) is 2. The van der Waals surface area contributed by atoms with Crippen LogP contribution in [0.4, 0.5) is 5.69 Å². The van der Waals surface area contributed by atoms with E-state index in [2.05, 4.69) is 24.8 Å². The van der Waals surface area contributed by atoms with Gasteiger partial charge in [-0.05, 0) is 18.4 Å². The van der Waals surface area contributed by atoms with E-state index in [0.29, 0.717) is 0 Å². The van der Waals surface area contributed by atoms with E-state index in [1.54, 1.807) is 23.1 Å². The highest BCUT2D eigenvalue weighted by Crippen LogP contribution is 2.37. The van der Waals surface area contributed by atoms with E-state index in [1.165, 1.54) is 4.70 Å². The van der Waals surface area contributed by atoms with Crippen LogP contribution in [0.5, 0.6) is 0 Å². The van der Waals surface area contributed by atoms with Crippen LogP contribution in [0.3, 0.4) is 0 Å². The summed E-state index contributed by atoms with van der Waals surface area (Å²) in [7, 11) is 0. The minimum Gasteiger partial charge on any atom is -0.397 e. The summed E-state index contributed by atoms with van der Waals surface area (Å²) >= 11 is 7.73. The second kappa shape index (κ2) is 3.44. The van der Waals surface area contributed by atoms with Crippen LogP contribution < -0.4 is 5.73 Å². The van der Waals surface area contributed by atoms with Crippen molar-refractivity contribution in [1.29, 1.82) is 0 Å². The number of nitrogens with two attached hydrogens (primary N) is 1. The summed E-state index contributed by atoms with van der Waals surface area (Å²) < 4.78 is 1.21. The van der Waals surface area contributed by atoms with Crippen molar-refractivity contribution in [1.82, 2.24) is 0 Å². The Morgan fingerprint density at radius 1 is 1.46 bits per heavy atom. The molecule has 2 aromatic rings. The summed E-state index contributed by atoms with van der Waals surface area (Å²) in [6, 6.07) is 4.16. The van der Waals surface area contributed by atoms with Crippen molar-refractivity contribution in [2.24, 2.45) is 0 Å². The Morgan fingerprint density at radius 3 is 2.92 bits per heavy atom. The van der Waals surface area contributed by atoms with Crippen molar-refractivity contribution in [3.05, 3.63) is 17.5 Å². The Balaban J connectivity index is 2.83. The van der Waals surface area contributed by atoms with Crippen LogP contribution >= 0.6 is 35.7 Å². The van der Waals surface area contributed by atoms with E-state index in [9.17, 15) is 0 Å². The number of thiophene rings is 1. The van der Waals surface area contributed by atoms with Gasteiger partial charge in [-0.3, -0.25) is 0 Å². The Kier molecular flexibility index (Phi) is 2.45. The molecule has 1 aromatic heterocycles. The molecule has 1 aromatic carbocycles. The van der Waals surface area contributed by atoms with Crippen LogP contribution in [0.1, 0.15) is 0 Å². The van der Waals surface area contributed by atoms with Crippen LogP contribution in [-0.2, 0) is 0 Å². The van der Waals surface area contributed by atoms with Gasteiger partial charge in [0.2, 0.25) is 0 Å². The molecule has 0 aliphatic heterocycles. The lowest BCUT2D eigenvalue weighted by Crippen LogP contribution is -1.88. The van der Waals surface area contributed by atoms with Gasteiger partial charge < -0.3 is 5.73 Å². The third-order valence-corrected chi connectivity index (χ3v) is 4.21. The van der Waals surface area contributed by atoms with E-state index in [0.717, 1.165) is 20.9 Å². The molecule has 0 amide bonds. The van der Waals surface area contributed by atoms with Crippen LogP contribution in [0.2, 0.25) is 0 Å². The van der Waals surface area contributed by atoms with E-state index in [4.69, 9.17) is 5.73 Å². The van der Waals surface area contributed by atoms with Gasteiger partial charge in [-0.25, -0.2) is 0 Å². The van der Waals surface area contributed by atoms with E-state index >= 15 is 0 Å². The monoisotopic (exact) mass is 227 g/mol. The summed E-state index contributed by atoms with van der Waals surface area (Å²) in [5.41, 5.74) is 6.87. The number of thiol groups is 1. The van der Waals surface area contributed by atoms with Crippen molar-refractivity contribution in [2.75, 3.05) is 12.0 Å². The fourth-order valence-corrected chi connectivity index (χ4v) is 3.14. The zero-order valence-electron chi connectivity index (χ0n) is 7.07. The molecule has 0 aliphatic carbocycles. The molecule has 2 rings (SSSR count). The number of rotatable bonds is 1. The van der Waals surface area contributed by atoms with Gasteiger partial charge in [0.05, 0.1) is 5.69 Å². The molecule has 0 atom stereocenters. The highest BCUT2D eigenvalue weighted by atomic mass is 32.2.